The number of hydrogen-bond acceptors (Lipinski definition) is 4. The quantitative estimate of drug-likeness (QED) is 0.814. The molecule has 0 bridgehead atoms. The maximum atomic E-state index is 11.9. The molecule has 1 aromatic rings. The average molecular weight is 258 g/mol. The Hall–Kier alpha value is -0.950. The number of sulfonamides is 1. The molecule has 0 amide bonds. The lowest BCUT2D eigenvalue weighted by Gasteiger charge is -2.28. The van der Waals surface area contributed by atoms with Gasteiger partial charge in [0, 0.05) is 13.2 Å². The van der Waals surface area contributed by atoms with E-state index in [2.05, 4.69) is 4.72 Å². The fourth-order valence-corrected chi connectivity index (χ4v) is 2.81. The van der Waals surface area contributed by atoms with Crippen molar-refractivity contribution in [3.05, 3.63) is 34.0 Å². The second-order valence-corrected chi connectivity index (χ2v) is 5.47. The summed E-state index contributed by atoms with van der Waals surface area (Å²) in [4.78, 5) is 0.106. The molecule has 1 rings (SSSR count). The van der Waals surface area contributed by atoms with Gasteiger partial charge in [0.2, 0.25) is 0 Å². The number of aliphatic hydroxyl groups excluding tert-OH is 2. The van der Waals surface area contributed by atoms with Crippen LogP contribution in [-0.2, 0) is 10.0 Å². The van der Waals surface area contributed by atoms with Crippen LogP contribution in [0.15, 0.2) is 23.1 Å². The van der Waals surface area contributed by atoms with Gasteiger partial charge in [-0.1, -0.05) is 23.7 Å². The Morgan fingerprint density at radius 3 is 2.29 bits per heavy atom. The topological polar surface area (TPSA) is 88.7 Å². The summed E-state index contributed by atoms with van der Waals surface area (Å²) in [6, 6.07) is 3.91. The van der Waals surface area contributed by atoms with Crippen molar-refractivity contribution in [3.8, 4) is 0 Å². The Bertz CT molecular complexity index is 480. The zero-order valence-corrected chi connectivity index (χ0v) is 10.6. The zero-order chi connectivity index (χ0) is 13.1. The highest BCUT2D eigenvalue weighted by atomic mass is 32.2. The fourth-order valence-electron chi connectivity index (χ4n) is 1.47. The van der Waals surface area contributed by atoms with E-state index in [1.807, 2.05) is 6.92 Å². The third-order valence-corrected chi connectivity index (χ3v) is 3.91. The van der Waals surface area contributed by atoms with E-state index in [4.69, 9.17) is 10.2 Å². The Labute approximate surface area is 101 Å². The lowest BCUT2D eigenvalue weighted by Crippen LogP contribution is -2.20. The van der Waals surface area contributed by atoms with Gasteiger partial charge in [-0.25, -0.2) is 8.42 Å². The molecule has 0 fully saturated rings. The van der Waals surface area contributed by atoms with Crippen LogP contribution in [0.5, 0.6) is 0 Å². The first kappa shape index (κ1) is 14.1. The van der Waals surface area contributed by atoms with E-state index >= 15 is 0 Å². The van der Waals surface area contributed by atoms with Gasteiger partial charge in [0.15, 0.2) is 0 Å². The van der Waals surface area contributed by atoms with Crippen LogP contribution in [0, 0.1) is 13.8 Å². The predicted octanol–water partition coefficient (Wildman–Crippen LogP) is 0.719. The molecule has 17 heavy (non-hydrogen) atoms. The number of aryl methyl sites for hydroxylation is 2. The lowest BCUT2D eigenvalue weighted by molar-refractivity contribution is 0.210. The second-order valence-electron chi connectivity index (χ2n) is 3.87. The number of hydrogen-bond donors (Lipinski definition) is 2. The third kappa shape index (κ3) is 3.50. The molecule has 1 aromatic carbocycles. The van der Waals surface area contributed by atoms with Crippen molar-refractivity contribution >= 4 is 10.0 Å². The van der Waals surface area contributed by atoms with Gasteiger partial charge in [0.05, 0.1) is 4.90 Å². The van der Waals surface area contributed by atoms with Gasteiger partial charge in [-0.05, 0) is 25.5 Å². The Morgan fingerprint density at radius 2 is 1.82 bits per heavy atom. The molecule has 0 aliphatic heterocycles. The lowest BCUT2D eigenvalue weighted by atomic mass is 10.2. The monoisotopic (exact) mass is 258 g/mol. The summed E-state index contributed by atoms with van der Waals surface area (Å²) in [5.74, 6) is 0. The highest BCUT2D eigenvalue weighted by molar-refractivity contribution is 7.94. The van der Waals surface area contributed by atoms with Crippen LogP contribution in [-0.4, -0.2) is 37.9 Å². The van der Waals surface area contributed by atoms with Crippen LogP contribution in [0.4, 0.5) is 0 Å². The largest absolute Gasteiger partial charge is 0.538 e. The van der Waals surface area contributed by atoms with Gasteiger partial charge in [0.1, 0.15) is 10.0 Å². The molecule has 0 saturated heterocycles. The minimum Gasteiger partial charge on any atom is -0.538 e. The molecule has 0 spiro atoms. The molecule has 96 valence electrons. The number of nitrogens with zero attached hydrogens (tertiary/aromatic N) is 1. The van der Waals surface area contributed by atoms with E-state index < -0.39 is 29.3 Å². The van der Waals surface area contributed by atoms with E-state index in [0.29, 0.717) is 5.56 Å². The summed E-state index contributed by atoms with van der Waals surface area (Å²) < 4.78 is 27.3. The van der Waals surface area contributed by atoms with Crippen LogP contribution < -0.4 is 0 Å². The van der Waals surface area contributed by atoms with Crippen LogP contribution in [0.2, 0.25) is 0 Å². The smallest absolute Gasteiger partial charge is 0.101 e. The standard InChI is InChI=1S/C11H16NO4S/c1-8-3-4-11(9(2)5-8)17(15,16)12-10(6-13)7-14/h3-5,10,13-14H,6-7H2,1-2H3/q-1. The maximum Gasteiger partial charge on any atom is 0.101 e. The molecule has 0 aliphatic carbocycles. The van der Waals surface area contributed by atoms with E-state index in [1.165, 1.54) is 6.07 Å². The molecule has 5 nitrogen and oxygen atoms in total. The van der Waals surface area contributed by atoms with Gasteiger partial charge in [-0.15, -0.1) is 0 Å². The Morgan fingerprint density at radius 1 is 1.24 bits per heavy atom. The highest BCUT2D eigenvalue weighted by Gasteiger charge is 2.10. The third-order valence-electron chi connectivity index (χ3n) is 2.32. The SMILES string of the molecule is Cc1ccc(S(=O)(=O)[N-]C(CO)CO)c(C)c1. The number of benzene rings is 1. The van der Waals surface area contributed by atoms with Gasteiger partial charge in [-0.3, -0.25) is 0 Å². The van der Waals surface area contributed by atoms with Crippen LogP contribution >= 0.6 is 0 Å². The van der Waals surface area contributed by atoms with Crippen molar-refractivity contribution in [1.29, 1.82) is 0 Å². The van der Waals surface area contributed by atoms with Crippen molar-refractivity contribution < 1.29 is 18.6 Å². The molecular weight excluding hydrogens is 242 g/mol. The van der Waals surface area contributed by atoms with Crippen molar-refractivity contribution in [2.45, 2.75) is 24.8 Å². The molecule has 6 heteroatoms. The zero-order valence-electron chi connectivity index (χ0n) is 9.79. The Balaban J connectivity index is 3.05. The van der Waals surface area contributed by atoms with E-state index in [1.54, 1.807) is 19.1 Å². The summed E-state index contributed by atoms with van der Waals surface area (Å²) in [6.07, 6.45) is 0. The summed E-state index contributed by atoms with van der Waals surface area (Å²) in [7, 11) is -3.83. The molecule has 0 radical (unpaired) electrons. The average Bonchev–Trinajstić information content (AvgIpc) is 2.25. The van der Waals surface area contributed by atoms with Gasteiger partial charge < -0.3 is 14.9 Å². The predicted molar refractivity (Wildman–Crippen MR) is 64.4 cm³/mol. The minimum atomic E-state index is -3.83. The fraction of sp³-hybridized carbons (Fsp3) is 0.455. The molecule has 0 aromatic heterocycles. The molecule has 0 saturated carbocycles. The molecule has 0 heterocycles. The molecular formula is C11H16NO4S-. The number of rotatable bonds is 5. The normalized spacial score (nSPS) is 12.1. The first-order chi connectivity index (χ1) is 7.90. The van der Waals surface area contributed by atoms with Crippen LogP contribution in [0.25, 0.3) is 4.72 Å². The van der Waals surface area contributed by atoms with Gasteiger partial charge in [0.25, 0.3) is 0 Å². The minimum absolute atomic E-state index is 0.106. The molecule has 0 unspecified atom stereocenters. The number of aliphatic hydroxyl groups is 2. The van der Waals surface area contributed by atoms with Gasteiger partial charge >= 0.3 is 0 Å². The first-order valence-corrected chi connectivity index (χ1v) is 6.61. The maximum absolute atomic E-state index is 11.9. The van der Waals surface area contributed by atoms with Crippen molar-refractivity contribution in [2.24, 2.45) is 0 Å². The van der Waals surface area contributed by atoms with Crippen LogP contribution in [0.1, 0.15) is 11.1 Å². The van der Waals surface area contributed by atoms with Gasteiger partial charge in [-0.2, -0.15) is 0 Å². The molecule has 0 atom stereocenters. The molecule has 0 aliphatic rings. The summed E-state index contributed by atoms with van der Waals surface area (Å²) in [6.45, 7) is 2.55. The Kier molecular flexibility index (Phi) is 4.64. The second kappa shape index (κ2) is 5.59. The van der Waals surface area contributed by atoms with Crippen molar-refractivity contribution in [1.82, 2.24) is 0 Å². The van der Waals surface area contributed by atoms with Crippen molar-refractivity contribution in [2.75, 3.05) is 13.2 Å². The first-order valence-electron chi connectivity index (χ1n) is 5.17. The van der Waals surface area contributed by atoms with E-state index in [0.717, 1.165) is 5.56 Å². The van der Waals surface area contributed by atoms with Crippen molar-refractivity contribution in [3.63, 3.8) is 0 Å². The summed E-state index contributed by atoms with van der Waals surface area (Å²) >= 11 is 0. The van der Waals surface area contributed by atoms with Crippen LogP contribution in [0.3, 0.4) is 0 Å². The molecule has 2 N–H and O–H groups in total. The van der Waals surface area contributed by atoms with E-state index in [-0.39, 0.29) is 4.90 Å². The highest BCUT2D eigenvalue weighted by Crippen LogP contribution is 2.23. The van der Waals surface area contributed by atoms with E-state index in [9.17, 15) is 8.42 Å². The summed E-state index contributed by atoms with van der Waals surface area (Å²) in [5, 5.41) is 17.7. The summed E-state index contributed by atoms with van der Waals surface area (Å²) in [5.41, 5.74) is 1.56.